The lowest BCUT2D eigenvalue weighted by Gasteiger charge is -2.36. The summed E-state index contributed by atoms with van der Waals surface area (Å²) in [6, 6.07) is 0. The van der Waals surface area contributed by atoms with Crippen molar-refractivity contribution in [2.24, 2.45) is 11.3 Å². The molecular weight excluding hydrogens is 284 g/mol. The number of hydrogen-bond donors (Lipinski definition) is 2. The summed E-state index contributed by atoms with van der Waals surface area (Å²) >= 11 is 0. The van der Waals surface area contributed by atoms with Crippen LogP contribution in [0.4, 0.5) is 0 Å². The molecule has 0 saturated carbocycles. The molecule has 0 bridgehead atoms. The van der Waals surface area contributed by atoms with Crippen molar-refractivity contribution in [2.75, 3.05) is 33.4 Å². The number of carbonyl (C=O) groups is 2. The molecule has 1 aromatic rings. The molecule has 7 heteroatoms. The first-order chi connectivity index (χ1) is 10.5. The molecule has 3 heterocycles. The fraction of sp³-hybridized carbons (Fsp3) is 0.667. The highest BCUT2D eigenvalue weighted by atomic mass is 16.5. The highest BCUT2D eigenvalue weighted by Crippen LogP contribution is 2.42. The molecule has 0 spiro atoms. The summed E-state index contributed by atoms with van der Waals surface area (Å²) in [5, 5.41) is 9.72. The Hall–Kier alpha value is -1.89. The van der Waals surface area contributed by atoms with Gasteiger partial charge < -0.3 is 15.0 Å². The van der Waals surface area contributed by atoms with Crippen molar-refractivity contribution in [1.29, 1.82) is 0 Å². The maximum Gasteiger partial charge on any atom is 0.274 e. The van der Waals surface area contributed by atoms with Crippen molar-refractivity contribution >= 4 is 11.8 Å². The lowest BCUT2D eigenvalue weighted by atomic mass is 9.73. The van der Waals surface area contributed by atoms with Gasteiger partial charge in [-0.05, 0) is 20.3 Å². The fourth-order valence-electron chi connectivity index (χ4n) is 3.57. The van der Waals surface area contributed by atoms with E-state index in [4.69, 9.17) is 4.74 Å². The predicted octanol–water partition coefficient (Wildman–Crippen LogP) is 0.251. The number of nitrogens with zero attached hydrogens (tertiary/aromatic N) is 2. The maximum atomic E-state index is 12.7. The molecule has 2 aliphatic rings. The summed E-state index contributed by atoms with van der Waals surface area (Å²) in [4.78, 5) is 26.9. The van der Waals surface area contributed by atoms with Crippen molar-refractivity contribution < 1.29 is 14.3 Å². The Morgan fingerprint density at radius 2 is 2.23 bits per heavy atom. The minimum absolute atomic E-state index is 0.00558. The number of aromatic amines is 1. The number of aromatic nitrogens is 2. The molecule has 22 heavy (non-hydrogen) atoms. The van der Waals surface area contributed by atoms with E-state index in [2.05, 4.69) is 15.5 Å². The first-order valence-corrected chi connectivity index (χ1v) is 7.60. The second kappa shape index (κ2) is 5.39. The molecule has 2 amide bonds. The third-order valence-corrected chi connectivity index (χ3v) is 5.13. The van der Waals surface area contributed by atoms with Gasteiger partial charge in [0.15, 0.2) is 5.69 Å². The van der Waals surface area contributed by atoms with E-state index in [0.29, 0.717) is 38.4 Å². The fourth-order valence-corrected chi connectivity index (χ4v) is 3.57. The van der Waals surface area contributed by atoms with Crippen LogP contribution in [0.1, 0.15) is 28.2 Å². The van der Waals surface area contributed by atoms with Gasteiger partial charge in [0.05, 0.1) is 12.0 Å². The van der Waals surface area contributed by atoms with Crippen LogP contribution < -0.4 is 5.32 Å². The average Bonchev–Trinajstić information content (AvgIpc) is 3.08. The quantitative estimate of drug-likeness (QED) is 0.820. The minimum Gasteiger partial charge on any atom is -0.381 e. The second-order valence-electron chi connectivity index (χ2n) is 6.26. The molecule has 2 N–H and O–H groups in total. The minimum atomic E-state index is -0.526. The molecule has 0 aliphatic carbocycles. The Kier molecular flexibility index (Phi) is 3.68. The molecule has 7 nitrogen and oxygen atoms in total. The molecule has 2 fully saturated rings. The number of fused-ring (bicyclic) bond motifs is 1. The van der Waals surface area contributed by atoms with E-state index >= 15 is 0 Å². The van der Waals surface area contributed by atoms with Gasteiger partial charge in [0.2, 0.25) is 5.91 Å². The smallest absolute Gasteiger partial charge is 0.274 e. The Morgan fingerprint density at radius 3 is 2.86 bits per heavy atom. The Morgan fingerprint density at radius 1 is 1.45 bits per heavy atom. The van der Waals surface area contributed by atoms with E-state index in [9.17, 15) is 9.59 Å². The zero-order valence-corrected chi connectivity index (χ0v) is 13.2. The monoisotopic (exact) mass is 306 g/mol. The van der Waals surface area contributed by atoms with Gasteiger partial charge in [0.1, 0.15) is 0 Å². The summed E-state index contributed by atoms with van der Waals surface area (Å²) in [5.41, 5.74) is 1.68. The molecule has 2 saturated heterocycles. The highest BCUT2D eigenvalue weighted by molar-refractivity contribution is 5.95. The van der Waals surface area contributed by atoms with Gasteiger partial charge in [-0.1, -0.05) is 0 Å². The van der Waals surface area contributed by atoms with Gasteiger partial charge in [-0.3, -0.25) is 14.7 Å². The van der Waals surface area contributed by atoms with Crippen LogP contribution in [-0.2, 0) is 9.53 Å². The first kappa shape index (κ1) is 15.0. The normalized spacial score (nSPS) is 27.6. The van der Waals surface area contributed by atoms with Crippen LogP contribution in [0.5, 0.6) is 0 Å². The number of rotatable bonds is 2. The summed E-state index contributed by atoms with van der Waals surface area (Å²) < 4.78 is 5.52. The molecule has 3 rings (SSSR count). The Labute approximate surface area is 129 Å². The van der Waals surface area contributed by atoms with Crippen LogP contribution in [0.2, 0.25) is 0 Å². The van der Waals surface area contributed by atoms with Crippen molar-refractivity contribution in [2.45, 2.75) is 20.3 Å². The molecule has 0 aromatic carbocycles. The Balaban J connectivity index is 1.87. The van der Waals surface area contributed by atoms with Crippen molar-refractivity contribution in [3.8, 4) is 0 Å². The number of ether oxygens (including phenoxy) is 1. The SMILES string of the molecule is CNC(=O)[C@]12CCOC[C@H]1CN(C(=O)c1n[nH]c(C)c1C)C2. The van der Waals surface area contributed by atoms with Crippen molar-refractivity contribution in [3.63, 3.8) is 0 Å². The van der Waals surface area contributed by atoms with Crippen molar-refractivity contribution in [3.05, 3.63) is 17.0 Å². The zero-order valence-electron chi connectivity index (χ0n) is 13.2. The number of aryl methyl sites for hydroxylation is 1. The number of likely N-dealkylation sites (tertiary alicyclic amines) is 1. The number of nitrogens with one attached hydrogen (secondary N) is 2. The van der Waals surface area contributed by atoms with E-state index in [0.717, 1.165) is 11.3 Å². The Bertz CT molecular complexity index is 612. The lowest BCUT2D eigenvalue weighted by Crippen LogP contribution is -2.49. The van der Waals surface area contributed by atoms with Gasteiger partial charge in [-0.15, -0.1) is 0 Å². The standard InChI is InChI=1S/C15H22N4O3/c1-9-10(2)17-18-12(9)13(20)19-6-11-7-22-5-4-15(11,8-19)14(21)16-3/h11H,4-8H2,1-3H3,(H,16,21)(H,17,18)/t11-,15+/m1/s1. The molecule has 120 valence electrons. The topological polar surface area (TPSA) is 87.3 Å². The molecular formula is C15H22N4O3. The van der Waals surface area contributed by atoms with E-state index in [-0.39, 0.29) is 17.7 Å². The number of amides is 2. The molecule has 2 atom stereocenters. The second-order valence-corrected chi connectivity index (χ2v) is 6.26. The van der Waals surface area contributed by atoms with E-state index in [1.54, 1.807) is 11.9 Å². The van der Waals surface area contributed by atoms with Crippen LogP contribution in [0.3, 0.4) is 0 Å². The first-order valence-electron chi connectivity index (χ1n) is 7.60. The van der Waals surface area contributed by atoms with Gasteiger partial charge in [0.25, 0.3) is 5.91 Å². The highest BCUT2D eigenvalue weighted by Gasteiger charge is 2.54. The molecule has 1 aromatic heterocycles. The summed E-state index contributed by atoms with van der Waals surface area (Å²) in [5.74, 6) is -0.0592. The van der Waals surface area contributed by atoms with Crippen molar-refractivity contribution in [1.82, 2.24) is 20.4 Å². The summed E-state index contributed by atoms with van der Waals surface area (Å²) in [6.07, 6.45) is 0.652. The van der Waals surface area contributed by atoms with Crippen LogP contribution in [-0.4, -0.2) is 60.3 Å². The van der Waals surface area contributed by atoms with E-state index < -0.39 is 5.41 Å². The van der Waals surface area contributed by atoms with Gasteiger partial charge >= 0.3 is 0 Å². The third-order valence-electron chi connectivity index (χ3n) is 5.13. The maximum absolute atomic E-state index is 12.7. The number of H-pyrrole nitrogens is 1. The zero-order chi connectivity index (χ0) is 15.9. The van der Waals surface area contributed by atoms with Crippen LogP contribution >= 0.6 is 0 Å². The number of hydrogen-bond acceptors (Lipinski definition) is 4. The van der Waals surface area contributed by atoms with Crippen LogP contribution in [0, 0.1) is 25.2 Å². The summed E-state index contributed by atoms with van der Waals surface area (Å²) in [6.45, 7) is 5.83. The lowest BCUT2D eigenvalue weighted by molar-refractivity contribution is -0.138. The van der Waals surface area contributed by atoms with Gasteiger partial charge in [-0.2, -0.15) is 5.10 Å². The van der Waals surface area contributed by atoms with Crippen LogP contribution in [0.25, 0.3) is 0 Å². The van der Waals surface area contributed by atoms with E-state index in [1.807, 2.05) is 13.8 Å². The van der Waals surface area contributed by atoms with Gasteiger partial charge in [-0.25, -0.2) is 0 Å². The largest absolute Gasteiger partial charge is 0.381 e. The number of carbonyl (C=O) groups excluding carboxylic acids is 2. The summed E-state index contributed by atoms with van der Waals surface area (Å²) in [7, 11) is 1.65. The molecule has 0 radical (unpaired) electrons. The van der Waals surface area contributed by atoms with Crippen LogP contribution in [0.15, 0.2) is 0 Å². The van der Waals surface area contributed by atoms with E-state index in [1.165, 1.54) is 0 Å². The van der Waals surface area contributed by atoms with Gasteiger partial charge in [0, 0.05) is 43.9 Å². The molecule has 0 unspecified atom stereocenters. The average molecular weight is 306 g/mol. The molecule has 2 aliphatic heterocycles. The third kappa shape index (κ3) is 2.11. The predicted molar refractivity (Wildman–Crippen MR) is 79.4 cm³/mol.